The lowest BCUT2D eigenvalue weighted by Crippen LogP contribution is -2.37. The lowest BCUT2D eigenvalue weighted by Gasteiger charge is -2.23. The van der Waals surface area contributed by atoms with E-state index in [1.165, 1.54) is 24.3 Å². The second-order valence-electron chi connectivity index (χ2n) is 6.55. The fourth-order valence-corrected chi connectivity index (χ4v) is 3.30. The molecule has 164 valence electrons. The third-order valence-corrected chi connectivity index (χ3v) is 4.68. The largest absolute Gasteiger partial charge is 0.573 e. The number of sulfonamides is 1. The first-order valence-electron chi connectivity index (χ1n) is 8.73. The summed E-state index contributed by atoms with van der Waals surface area (Å²) >= 11 is 0. The van der Waals surface area contributed by atoms with Crippen molar-refractivity contribution in [2.75, 3.05) is 22.4 Å². The number of nitrogens with zero attached hydrogens (tertiary/aromatic N) is 1. The Morgan fingerprint density at radius 3 is 2.27 bits per heavy atom. The molecule has 2 aromatic carbocycles. The van der Waals surface area contributed by atoms with Gasteiger partial charge in [-0.05, 0) is 50.2 Å². The summed E-state index contributed by atoms with van der Waals surface area (Å²) in [7, 11) is -3.81. The van der Waals surface area contributed by atoms with Crippen LogP contribution < -0.4 is 19.1 Å². The van der Waals surface area contributed by atoms with Gasteiger partial charge >= 0.3 is 6.36 Å². The van der Waals surface area contributed by atoms with Gasteiger partial charge in [0.05, 0.1) is 18.0 Å². The van der Waals surface area contributed by atoms with Crippen LogP contribution in [-0.2, 0) is 14.8 Å². The molecular weight excluding hydrogens is 425 g/mol. The van der Waals surface area contributed by atoms with E-state index in [-0.39, 0.29) is 17.5 Å². The second kappa shape index (κ2) is 9.24. The van der Waals surface area contributed by atoms with Crippen LogP contribution in [0.5, 0.6) is 11.5 Å². The molecule has 2 aromatic rings. The fourth-order valence-electron chi connectivity index (χ4n) is 2.46. The molecule has 0 aliphatic heterocycles. The Hall–Kier alpha value is -2.95. The highest BCUT2D eigenvalue weighted by molar-refractivity contribution is 7.92. The second-order valence-corrected chi connectivity index (χ2v) is 8.46. The SMILES string of the molecule is CC(C)Oc1cccc(N(CC(=O)Nc2ccc(OC(F)(F)F)cc2)S(C)(=O)=O)c1. The van der Waals surface area contributed by atoms with Gasteiger partial charge in [0.1, 0.15) is 18.0 Å². The van der Waals surface area contributed by atoms with Gasteiger partial charge in [0.2, 0.25) is 15.9 Å². The number of amides is 1. The average molecular weight is 446 g/mol. The maximum atomic E-state index is 12.4. The van der Waals surface area contributed by atoms with Gasteiger partial charge in [0.15, 0.2) is 0 Å². The number of anilines is 2. The molecular formula is C19H21F3N2O5S. The molecule has 0 aliphatic rings. The molecule has 2 rings (SSSR count). The van der Waals surface area contributed by atoms with E-state index in [0.29, 0.717) is 5.75 Å². The number of ether oxygens (including phenoxy) is 2. The molecule has 0 atom stereocenters. The molecule has 1 amide bonds. The maximum Gasteiger partial charge on any atom is 0.573 e. The van der Waals surface area contributed by atoms with Crippen LogP contribution in [0.4, 0.5) is 24.5 Å². The van der Waals surface area contributed by atoms with Crippen molar-refractivity contribution < 1.29 is 35.9 Å². The van der Waals surface area contributed by atoms with Crippen molar-refractivity contribution >= 4 is 27.3 Å². The molecule has 0 aromatic heterocycles. The van der Waals surface area contributed by atoms with Crippen LogP contribution in [0.15, 0.2) is 48.5 Å². The van der Waals surface area contributed by atoms with Crippen LogP contribution in [0.1, 0.15) is 13.8 Å². The van der Waals surface area contributed by atoms with Gasteiger partial charge in [-0.1, -0.05) is 6.07 Å². The zero-order valence-electron chi connectivity index (χ0n) is 16.4. The summed E-state index contributed by atoms with van der Waals surface area (Å²) in [5.41, 5.74) is 0.416. The van der Waals surface area contributed by atoms with Gasteiger partial charge < -0.3 is 14.8 Å². The Bertz CT molecular complexity index is 976. The Balaban J connectivity index is 2.13. The van der Waals surface area contributed by atoms with Crippen LogP contribution >= 0.6 is 0 Å². The van der Waals surface area contributed by atoms with E-state index in [2.05, 4.69) is 10.1 Å². The van der Waals surface area contributed by atoms with Crippen LogP contribution in [0.3, 0.4) is 0 Å². The van der Waals surface area contributed by atoms with Crippen molar-refractivity contribution in [3.05, 3.63) is 48.5 Å². The highest BCUT2D eigenvalue weighted by Crippen LogP contribution is 2.25. The minimum atomic E-state index is -4.82. The predicted octanol–water partition coefficient (Wildman–Crippen LogP) is 3.78. The van der Waals surface area contributed by atoms with E-state index in [1.807, 2.05) is 13.8 Å². The normalized spacial score (nSPS) is 11.8. The number of halogens is 3. The number of hydrogen-bond donors (Lipinski definition) is 1. The Morgan fingerprint density at radius 1 is 1.10 bits per heavy atom. The third-order valence-electron chi connectivity index (χ3n) is 3.54. The van der Waals surface area contributed by atoms with Crippen molar-refractivity contribution in [3.8, 4) is 11.5 Å². The molecule has 0 saturated carbocycles. The van der Waals surface area contributed by atoms with Crippen molar-refractivity contribution in [1.29, 1.82) is 0 Å². The first-order chi connectivity index (χ1) is 13.8. The van der Waals surface area contributed by atoms with Gasteiger partial charge in [0, 0.05) is 11.8 Å². The number of nitrogens with one attached hydrogen (secondary N) is 1. The summed E-state index contributed by atoms with van der Waals surface area (Å²) in [4.78, 5) is 12.4. The van der Waals surface area contributed by atoms with Gasteiger partial charge in [-0.2, -0.15) is 0 Å². The van der Waals surface area contributed by atoms with Crippen LogP contribution in [0.2, 0.25) is 0 Å². The summed E-state index contributed by atoms with van der Waals surface area (Å²) in [6.45, 7) is 3.10. The molecule has 0 fully saturated rings. The number of alkyl halides is 3. The molecule has 30 heavy (non-hydrogen) atoms. The maximum absolute atomic E-state index is 12.4. The lowest BCUT2D eigenvalue weighted by molar-refractivity contribution is -0.274. The van der Waals surface area contributed by atoms with E-state index in [9.17, 15) is 26.4 Å². The van der Waals surface area contributed by atoms with Gasteiger partial charge in [-0.15, -0.1) is 13.2 Å². The summed E-state index contributed by atoms with van der Waals surface area (Å²) in [5, 5.41) is 2.44. The molecule has 0 heterocycles. The monoisotopic (exact) mass is 446 g/mol. The van der Waals surface area contributed by atoms with Crippen LogP contribution in [0.25, 0.3) is 0 Å². The molecule has 0 saturated heterocycles. The van der Waals surface area contributed by atoms with Crippen LogP contribution in [-0.4, -0.2) is 39.6 Å². The highest BCUT2D eigenvalue weighted by Gasteiger charge is 2.31. The zero-order valence-corrected chi connectivity index (χ0v) is 17.3. The van der Waals surface area contributed by atoms with E-state index < -0.39 is 34.6 Å². The zero-order chi connectivity index (χ0) is 22.5. The first kappa shape index (κ1) is 23.3. The molecule has 11 heteroatoms. The number of rotatable bonds is 8. The highest BCUT2D eigenvalue weighted by atomic mass is 32.2. The van der Waals surface area contributed by atoms with Crippen molar-refractivity contribution in [2.45, 2.75) is 26.3 Å². The van der Waals surface area contributed by atoms with Crippen molar-refractivity contribution in [1.82, 2.24) is 0 Å². The summed E-state index contributed by atoms with van der Waals surface area (Å²) in [5.74, 6) is -0.683. The quantitative estimate of drug-likeness (QED) is 0.667. The molecule has 0 aliphatic carbocycles. The molecule has 0 radical (unpaired) electrons. The lowest BCUT2D eigenvalue weighted by atomic mass is 10.3. The number of benzene rings is 2. The fraction of sp³-hybridized carbons (Fsp3) is 0.316. The Labute approximate surface area is 172 Å². The van der Waals surface area contributed by atoms with Crippen LogP contribution in [0, 0.1) is 0 Å². The topological polar surface area (TPSA) is 84.9 Å². The van der Waals surface area contributed by atoms with E-state index >= 15 is 0 Å². The standard InChI is InChI=1S/C19H21F3N2O5S/c1-13(2)28-17-6-4-5-15(11-17)24(30(3,26)27)12-18(25)23-14-7-9-16(10-8-14)29-19(20,21)22/h4-11,13H,12H2,1-3H3,(H,23,25). The third kappa shape index (κ3) is 7.47. The summed E-state index contributed by atoms with van der Waals surface area (Å²) in [6.07, 6.45) is -3.99. The first-order valence-corrected chi connectivity index (χ1v) is 10.6. The van der Waals surface area contributed by atoms with Gasteiger partial charge in [0.25, 0.3) is 0 Å². The van der Waals surface area contributed by atoms with Crippen molar-refractivity contribution in [2.24, 2.45) is 0 Å². The van der Waals surface area contributed by atoms with Crippen molar-refractivity contribution in [3.63, 3.8) is 0 Å². The number of carbonyl (C=O) groups is 1. The molecule has 0 unspecified atom stereocenters. The Morgan fingerprint density at radius 2 is 1.73 bits per heavy atom. The average Bonchev–Trinajstić information content (AvgIpc) is 2.59. The summed E-state index contributed by atoms with van der Waals surface area (Å²) in [6, 6.07) is 10.8. The smallest absolute Gasteiger partial charge is 0.491 e. The van der Waals surface area contributed by atoms with Gasteiger partial charge in [-0.25, -0.2) is 8.42 Å². The minimum absolute atomic E-state index is 0.125. The molecule has 1 N–H and O–H groups in total. The van der Waals surface area contributed by atoms with E-state index in [1.54, 1.807) is 12.1 Å². The predicted molar refractivity (Wildman–Crippen MR) is 106 cm³/mol. The molecule has 0 bridgehead atoms. The molecule has 0 spiro atoms. The minimum Gasteiger partial charge on any atom is -0.491 e. The number of hydrogen-bond acceptors (Lipinski definition) is 5. The number of carbonyl (C=O) groups excluding carboxylic acids is 1. The van der Waals surface area contributed by atoms with E-state index in [0.717, 1.165) is 22.7 Å². The summed E-state index contributed by atoms with van der Waals surface area (Å²) < 4.78 is 71.2. The van der Waals surface area contributed by atoms with E-state index in [4.69, 9.17) is 4.74 Å². The van der Waals surface area contributed by atoms with Gasteiger partial charge in [-0.3, -0.25) is 9.10 Å². The molecule has 7 nitrogen and oxygen atoms in total. The Kier molecular flexibility index (Phi) is 7.19.